The number of hydrogen-bond acceptors (Lipinski definition) is 18. The smallest absolute Gasteiger partial charge is 0.148 e. The van der Waals surface area contributed by atoms with E-state index in [4.69, 9.17) is 0 Å². The van der Waals surface area contributed by atoms with Crippen LogP contribution in [0.25, 0.3) is 0 Å². The largest absolute Gasteiger partial charge is 0.310 e. The van der Waals surface area contributed by atoms with Crippen LogP contribution in [-0.4, -0.2) is 236 Å². The van der Waals surface area contributed by atoms with Crippen LogP contribution in [0.2, 0.25) is 0 Å². The van der Waals surface area contributed by atoms with Crippen LogP contribution in [0, 0.1) is 11.8 Å². The third kappa shape index (κ3) is 13.0. The topological polar surface area (TPSA) is 146 Å². The molecule has 2 N–H and O–H groups in total. The van der Waals surface area contributed by atoms with Crippen molar-refractivity contribution in [2.45, 2.75) is 174 Å². The molecule has 0 amide bonds. The molecule has 12 bridgehead atoms. The molecule has 0 spiro atoms. The van der Waals surface area contributed by atoms with Crippen LogP contribution in [0.4, 0.5) is 0 Å². The summed E-state index contributed by atoms with van der Waals surface area (Å²) in [4.78, 5) is 81.2. The van der Waals surface area contributed by atoms with Crippen LogP contribution in [-0.2, 0) is 28.8 Å². The van der Waals surface area contributed by atoms with Crippen LogP contribution in [0.15, 0.2) is 36.5 Å². The second kappa shape index (κ2) is 25.6. The molecule has 14 nitrogen and oxygen atoms in total. The molecule has 72 heavy (non-hydrogen) atoms. The third-order valence-electron chi connectivity index (χ3n) is 17.5. The highest BCUT2D eigenvalue weighted by Crippen LogP contribution is 2.42. The summed E-state index contributed by atoms with van der Waals surface area (Å²) in [6, 6.07) is 3.67. The molecule has 0 aromatic carbocycles. The van der Waals surface area contributed by atoms with E-state index in [0.29, 0.717) is 92.2 Å². The maximum absolute atomic E-state index is 11.3. The molecule has 18 rings (SSSR count). The first-order valence-electron chi connectivity index (χ1n) is 26.5. The summed E-state index contributed by atoms with van der Waals surface area (Å²) in [5.74, 6) is 7.60. The first kappa shape index (κ1) is 58.0. The van der Waals surface area contributed by atoms with Gasteiger partial charge in [0.1, 0.15) is 34.7 Å². The Morgan fingerprint density at radius 1 is 0.431 bits per heavy atom. The van der Waals surface area contributed by atoms with Crippen LogP contribution in [0.3, 0.4) is 0 Å². The number of likely N-dealkylation sites (N-methyl/N-ethyl adjacent to an activating group) is 6. The van der Waals surface area contributed by atoms with Gasteiger partial charge in [-0.2, -0.15) is 23.5 Å². The van der Waals surface area contributed by atoms with E-state index in [1.165, 1.54) is 50.0 Å². The van der Waals surface area contributed by atoms with E-state index in [2.05, 4.69) is 97.6 Å². The van der Waals surface area contributed by atoms with Gasteiger partial charge < -0.3 is 10.6 Å². The van der Waals surface area contributed by atoms with Gasteiger partial charge in [0, 0.05) is 83.0 Å². The molecule has 18 aliphatic rings. The molecule has 0 radical (unpaired) electrons. The Morgan fingerprint density at radius 3 is 1.39 bits per heavy atom. The van der Waals surface area contributed by atoms with Crippen LogP contribution in [0.5, 0.6) is 0 Å². The van der Waals surface area contributed by atoms with Crippen molar-refractivity contribution in [1.82, 2.24) is 40.0 Å². The summed E-state index contributed by atoms with van der Waals surface area (Å²) in [6.45, 7) is 12.2. The number of thioether (sulfide) groups is 4. The van der Waals surface area contributed by atoms with E-state index in [1.54, 1.807) is 41.5 Å². The average molecular weight is 1070 g/mol. The van der Waals surface area contributed by atoms with Gasteiger partial charge in [-0.05, 0) is 134 Å². The van der Waals surface area contributed by atoms with E-state index in [0.717, 1.165) is 24.6 Å². The van der Waals surface area contributed by atoms with E-state index in [1.807, 2.05) is 68.2 Å². The number of ketones is 6. The highest BCUT2D eigenvalue weighted by molar-refractivity contribution is 8.00. The standard InChI is InChI=1S/C9H16N2O.C9H14N2O.C9H15NOS.C9H13NOS.C9H15NOS.C9H13NOS/c2*1-6(12)9-8-4-3-7(5-10-8)11(9)2;2*1-6(11)9-8-4-3-7(5-12-8)10(9)2;2*1-6(11)9-7-3-4-8(10(9)2)12-5-7/h7-10H,3-5H2,1-2H3;3-4,7-10H,5H2,1-2H3;7-9H,3-5H2,1-2H3;3-4,7-9H,5H2,1-2H3;7-9H,3-5H2,1-2H3;3-4,7-9H,5H2,1-2H3. The highest BCUT2D eigenvalue weighted by Gasteiger charge is 2.45. The summed E-state index contributed by atoms with van der Waals surface area (Å²) >= 11 is 7.84. The van der Waals surface area contributed by atoms with Gasteiger partial charge in [-0.25, -0.2) is 0 Å². The maximum Gasteiger partial charge on any atom is 0.148 e. The van der Waals surface area contributed by atoms with Crippen molar-refractivity contribution in [3.05, 3.63) is 36.5 Å². The summed E-state index contributed by atoms with van der Waals surface area (Å²) in [5, 5.41) is 8.78. The zero-order valence-corrected chi connectivity index (χ0v) is 48.4. The highest BCUT2D eigenvalue weighted by atomic mass is 32.2. The number of carbonyl (C=O) groups excluding carboxylic acids is 6. The van der Waals surface area contributed by atoms with E-state index < -0.39 is 0 Å². The lowest BCUT2D eigenvalue weighted by Gasteiger charge is -2.49. The van der Waals surface area contributed by atoms with E-state index in [-0.39, 0.29) is 48.1 Å². The number of carbonyl (C=O) groups is 6. The number of hydrogen-bond donors (Lipinski definition) is 2. The van der Waals surface area contributed by atoms with Gasteiger partial charge in [0.2, 0.25) is 0 Å². The van der Waals surface area contributed by atoms with Gasteiger partial charge in [-0.3, -0.25) is 58.2 Å². The van der Waals surface area contributed by atoms with Gasteiger partial charge in [0.25, 0.3) is 0 Å². The molecule has 0 aliphatic carbocycles. The fourth-order valence-corrected chi connectivity index (χ4v) is 19.6. The number of piperidine rings is 4. The quantitative estimate of drug-likeness (QED) is 0.363. The van der Waals surface area contributed by atoms with Gasteiger partial charge in [-0.1, -0.05) is 36.5 Å². The Morgan fingerprint density at radius 2 is 1.06 bits per heavy atom. The van der Waals surface area contributed by atoms with Crippen molar-refractivity contribution >= 4 is 81.7 Å². The van der Waals surface area contributed by atoms with E-state index in [9.17, 15) is 28.8 Å². The average Bonchev–Trinajstić information content (AvgIpc) is 3.36. The van der Waals surface area contributed by atoms with Crippen molar-refractivity contribution in [1.29, 1.82) is 0 Å². The predicted molar refractivity (Wildman–Crippen MR) is 299 cm³/mol. The predicted octanol–water partition coefficient (Wildman–Crippen LogP) is 4.37. The number of piperazine rings is 2. The first-order valence-corrected chi connectivity index (χ1v) is 30.7. The number of Topliss-reactive ketones (excluding diaryl/α,β-unsaturated/α-hetero) is 6. The Bertz CT molecular complexity index is 1810. The van der Waals surface area contributed by atoms with Gasteiger partial charge >= 0.3 is 0 Å². The Balaban J connectivity index is 0.000000127. The molecule has 18 atom stereocenters. The van der Waals surface area contributed by atoms with Gasteiger partial charge in [0.15, 0.2) is 0 Å². The van der Waals surface area contributed by atoms with Crippen LogP contribution < -0.4 is 10.6 Å². The zero-order valence-electron chi connectivity index (χ0n) is 45.1. The second-order valence-electron chi connectivity index (χ2n) is 22.2. The molecular weight excluding hydrogens is 985 g/mol. The van der Waals surface area contributed by atoms with Crippen molar-refractivity contribution in [3.63, 3.8) is 0 Å². The summed E-state index contributed by atoms with van der Waals surface area (Å²) in [7, 11) is 12.4. The molecule has 402 valence electrons. The SMILES string of the molecule is CC(=O)C1C2C=CC(CN2)N1C.CC(=O)C1C2C=CC(CS2)N1C.CC(=O)C1C2C=CC(SC2)N1C.CC(=O)C1C2CCC(CN2)N1C.CC(=O)C1C2CCC(CS2)N1C.CC(=O)C1C2CCC(SC2)N1C. The Hall–Kier alpha value is -1.68. The minimum absolute atomic E-state index is 0.0498. The normalized spacial score (nSPS) is 41.0. The lowest BCUT2D eigenvalue weighted by molar-refractivity contribution is -0.127. The number of nitrogens with zero attached hydrogens (tertiary/aromatic N) is 6. The fraction of sp³-hybridized carbons (Fsp3) is 0.778. The van der Waals surface area contributed by atoms with Gasteiger partial charge in [-0.15, -0.1) is 23.5 Å². The molecule has 12 fully saturated rings. The minimum Gasteiger partial charge on any atom is -0.310 e. The molecule has 18 aliphatic heterocycles. The maximum atomic E-state index is 11.3. The van der Waals surface area contributed by atoms with Crippen molar-refractivity contribution in [3.8, 4) is 0 Å². The van der Waals surface area contributed by atoms with Gasteiger partial charge in [0.05, 0.1) is 47.0 Å². The van der Waals surface area contributed by atoms with Crippen LogP contribution >= 0.6 is 47.0 Å². The summed E-state index contributed by atoms with van der Waals surface area (Å²) in [5.41, 5.74) is 0. The molecule has 18 unspecified atom stereocenters. The summed E-state index contributed by atoms with van der Waals surface area (Å²) < 4.78 is 0. The molecule has 18 heterocycles. The molecular formula is C54H86N8O6S4. The molecule has 0 aromatic heterocycles. The molecule has 0 aromatic rings. The number of fused-ring (bicyclic) bond motifs is 15. The molecule has 0 saturated carbocycles. The van der Waals surface area contributed by atoms with Crippen molar-refractivity contribution in [2.75, 3.05) is 78.4 Å². The Labute approximate surface area is 448 Å². The van der Waals surface area contributed by atoms with Crippen molar-refractivity contribution in [2.24, 2.45) is 11.8 Å². The minimum atomic E-state index is 0.0498. The summed E-state index contributed by atoms with van der Waals surface area (Å²) in [6.07, 6.45) is 20.6. The fourth-order valence-electron chi connectivity index (χ4n) is 13.5. The molecule has 18 heteroatoms. The lowest BCUT2D eigenvalue weighted by Crippen LogP contribution is -2.67. The second-order valence-corrected chi connectivity index (χ2v) is 27.1. The lowest BCUT2D eigenvalue weighted by atomic mass is 9.85. The Kier molecular flexibility index (Phi) is 20.7. The number of rotatable bonds is 6. The van der Waals surface area contributed by atoms with Crippen LogP contribution in [0.1, 0.15) is 80.1 Å². The third-order valence-corrected chi connectivity index (χ3v) is 23.3. The monoisotopic (exact) mass is 1070 g/mol. The first-order chi connectivity index (χ1) is 34.2. The zero-order chi connectivity index (χ0) is 52.3. The van der Waals surface area contributed by atoms with Crippen molar-refractivity contribution < 1.29 is 28.8 Å². The molecule has 12 saturated heterocycles. The number of nitrogens with one attached hydrogen (secondary N) is 2. The van der Waals surface area contributed by atoms with E-state index >= 15 is 0 Å².